The molecule has 2 rings (SSSR count). The Morgan fingerprint density at radius 3 is 2.84 bits per heavy atom. The van der Waals surface area contributed by atoms with E-state index < -0.39 is 0 Å². The van der Waals surface area contributed by atoms with Crippen LogP contribution in [0.4, 0.5) is 0 Å². The van der Waals surface area contributed by atoms with Crippen LogP contribution in [0.3, 0.4) is 0 Å². The molecule has 1 fully saturated rings. The number of carbonyl (C=O) groups is 1. The molecule has 1 aliphatic heterocycles. The molecule has 1 aromatic rings. The highest BCUT2D eigenvalue weighted by Gasteiger charge is 2.17. The summed E-state index contributed by atoms with van der Waals surface area (Å²) in [5.41, 5.74) is 6.45. The van der Waals surface area contributed by atoms with E-state index in [1.54, 1.807) is 23.1 Å². The molecular formula is C13H17ClN2O3. The highest BCUT2D eigenvalue weighted by Crippen LogP contribution is 2.23. The van der Waals surface area contributed by atoms with Gasteiger partial charge in [-0.15, -0.1) is 0 Å². The van der Waals surface area contributed by atoms with Crippen LogP contribution in [0, 0.1) is 0 Å². The van der Waals surface area contributed by atoms with Crippen LogP contribution in [0.15, 0.2) is 18.2 Å². The van der Waals surface area contributed by atoms with Gasteiger partial charge in [0.15, 0.2) is 6.61 Å². The van der Waals surface area contributed by atoms with Crippen molar-refractivity contribution in [1.29, 1.82) is 0 Å². The van der Waals surface area contributed by atoms with Gasteiger partial charge in [0.2, 0.25) is 0 Å². The summed E-state index contributed by atoms with van der Waals surface area (Å²) in [6.07, 6.45) is 0. The molecule has 0 spiro atoms. The van der Waals surface area contributed by atoms with Crippen LogP contribution >= 0.6 is 11.6 Å². The maximum Gasteiger partial charge on any atom is 0.260 e. The number of morpholine rings is 1. The fraction of sp³-hybridized carbons (Fsp3) is 0.462. The Hall–Kier alpha value is -1.30. The Balaban J connectivity index is 1.94. The molecule has 2 N–H and O–H groups in total. The molecule has 0 bridgehead atoms. The Labute approximate surface area is 117 Å². The van der Waals surface area contributed by atoms with Crippen molar-refractivity contribution in [2.45, 2.75) is 6.54 Å². The first kappa shape index (κ1) is 14.1. The summed E-state index contributed by atoms with van der Waals surface area (Å²) in [6, 6.07) is 5.23. The number of halogens is 1. The summed E-state index contributed by atoms with van der Waals surface area (Å²) in [7, 11) is 0. The van der Waals surface area contributed by atoms with Gasteiger partial charge >= 0.3 is 0 Å². The summed E-state index contributed by atoms with van der Waals surface area (Å²) >= 11 is 5.91. The number of nitrogens with zero attached hydrogens (tertiary/aromatic N) is 1. The SMILES string of the molecule is NCc1ccc(Cl)cc1OCC(=O)N1CCOCC1. The zero-order valence-corrected chi connectivity index (χ0v) is 11.4. The van der Waals surface area contributed by atoms with Gasteiger partial charge < -0.3 is 20.1 Å². The highest BCUT2D eigenvalue weighted by molar-refractivity contribution is 6.30. The van der Waals surface area contributed by atoms with Crippen molar-refractivity contribution in [3.8, 4) is 5.75 Å². The van der Waals surface area contributed by atoms with Gasteiger partial charge in [-0.2, -0.15) is 0 Å². The van der Waals surface area contributed by atoms with E-state index in [1.165, 1.54) is 0 Å². The van der Waals surface area contributed by atoms with Crippen LogP contribution in [0.1, 0.15) is 5.56 Å². The minimum Gasteiger partial charge on any atom is -0.483 e. The lowest BCUT2D eigenvalue weighted by Crippen LogP contribution is -2.43. The summed E-state index contributed by atoms with van der Waals surface area (Å²) in [5, 5.41) is 0.561. The van der Waals surface area contributed by atoms with E-state index in [9.17, 15) is 4.79 Å². The number of hydrogen-bond acceptors (Lipinski definition) is 4. The molecule has 0 radical (unpaired) electrons. The van der Waals surface area contributed by atoms with Crippen LogP contribution in [0.5, 0.6) is 5.75 Å². The predicted molar refractivity (Wildman–Crippen MR) is 72.2 cm³/mol. The number of ether oxygens (including phenoxy) is 2. The minimum atomic E-state index is -0.0498. The highest BCUT2D eigenvalue weighted by atomic mass is 35.5. The zero-order valence-electron chi connectivity index (χ0n) is 10.6. The first-order chi connectivity index (χ1) is 9.20. The molecule has 6 heteroatoms. The fourth-order valence-corrected chi connectivity index (χ4v) is 2.04. The number of rotatable bonds is 4. The summed E-state index contributed by atoms with van der Waals surface area (Å²) in [5.74, 6) is 0.517. The number of hydrogen-bond donors (Lipinski definition) is 1. The Kier molecular flexibility index (Phi) is 5.01. The molecule has 0 aliphatic carbocycles. The van der Waals surface area contributed by atoms with Crippen molar-refractivity contribution in [2.24, 2.45) is 5.73 Å². The van der Waals surface area contributed by atoms with Gasteiger partial charge in [-0.05, 0) is 12.1 Å². The predicted octanol–water partition coefficient (Wildman–Crippen LogP) is 1.04. The van der Waals surface area contributed by atoms with Crippen LogP contribution in [-0.2, 0) is 16.1 Å². The molecule has 104 valence electrons. The molecule has 1 aromatic carbocycles. The van der Waals surface area contributed by atoms with E-state index in [4.69, 9.17) is 26.8 Å². The first-order valence-electron chi connectivity index (χ1n) is 6.17. The zero-order chi connectivity index (χ0) is 13.7. The lowest BCUT2D eigenvalue weighted by atomic mass is 10.2. The third-order valence-corrected chi connectivity index (χ3v) is 3.20. The topological polar surface area (TPSA) is 64.8 Å². The van der Waals surface area contributed by atoms with Crippen LogP contribution < -0.4 is 10.5 Å². The van der Waals surface area contributed by atoms with E-state index in [1.807, 2.05) is 0 Å². The molecule has 19 heavy (non-hydrogen) atoms. The number of amides is 1. The van der Waals surface area contributed by atoms with Crippen LogP contribution in [-0.4, -0.2) is 43.7 Å². The lowest BCUT2D eigenvalue weighted by molar-refractivity contribution is -0.137. The summed E-state index contributed by atoms with van der Waals surface area (Å²) < 4.78 is 10.7. The Bertz CT molecular complexity index is 448. The van der Waals surface area contributed by atoms with Gasteiger partial charge in [-0.3, -0.25) is 4.79 Å². The third kappa shape index (κ3) is 3.83. The second-order valence-corrected chi connectivity index (χ2v) is 4.67. The first-order valence-corrected chi connectivity index (χ1v) is 6.55. The van der Waals surface area contributed by atoms with Gasteiger partial charge in [0.1, 0.15) is 5.75 Å². The largest absolute Gasteiger partial charge is 0.483 e. The lowest BCUT2D eigenvalue weighted by Gasteiger charge is -2.26. The second-order valence-electron chi connectivity index (χ2n) is 4.24. The average Bonchev–Trinajstić information content (AvgIpc) is 2.46. The van der Waals surface area contributed by atoms with Crippen molar-refractivity contribution >= 4 is 17.5 Å². The van der Waals surface area contributed by atoms with Crippen molar-refractivity contribution in [1.82, 2.24) is 4.90 Å². The van der Waals surface area contributed by atoms with E-state index in [0.29, 0.717) is 43.6 Å². The van der Waals surface area contributed by atoms with Gasteiger partial charge in [0.25, 0.3) is 5.91 Å². The molecule has 0 atom stereocenters. The monoisotopic (exact) mass is 284 g/mol. The number of carbonyl (C=O) groups excluding carboxylic acids is 1. The molecule has 1 amide bonds. The molecule has 1 aliphatic rings. The summed E-state index contributed by atoms with van der Waals surface area (Å²) in [6.45, 7) is 2.72. The van der Waals surface area contributed by atoms with Gasteiger partial charge in [-0.25, -0.2) is 0 Å². The minimum absolute atomic E-state index is 0.00660. The quantitative estimate of drug-likeness (QED) is 0.897. The molecule has 5 nitrogen and oxygen atoms in total. The maximum absolute atomic E-state index is 11.9. The van der Waals surface area contributed by atoms with Crippen LogP contribution in [0.2, 0.25) is 5.02 Å². The van der Waals surface area contributed by atoms with E-state index in [0.717, 1.165) is 5.56 Å². The van der Waals surface area contributed by atoms with Crippen molar-refractivity contribution < 1.29 is 14.3 Å². The normalized spacial score (nSPS) is 15.4. The van der Waals surface area contributed by atoms with Gasteiger partial charge in [-0.1, -0.05) is 17.7 Å². The molecule has 1 heterocycles. The van der Waals surface area contributed by atoms with Crippen molar-refractivity contribution in [3.63, 3.8) is 0 Å². The molecule has 0 aromatic heterocycles. The van der Waals surface area contributed by atoms with Gasteiger partial charge in [0.05, 0.1) is 13.2 Å². The fourth-order valence-electron chi connectivity index (χ4n) is 1.87. The molecular weight excluding hydrogens is 268 g/mol. The van der Waals surface area contributed by atoms with Gasteiger partial charge in [0, 0.05) is 30.2 Å². The molecule has 0 unspecified atom stereocenters. The number of benzene rings is 1. The average molecular weight is 285 g/mol. The smallest absolute Gasteiger partial charge is 0.260 e. The number of nitrogens with two attached hydrogens (primary N) is 1. The van der Waals surface area contributed by atoms with Crippen molar-refractivity contribution in [3.05, 3.63) is 28.8 Å². The summed E-state index contributed by atoms with van der Waals surface area (Å²) in [4.78, 5) is 13.7. The third-order valence-electron chi connectivity index (χ3n) is 2.96. The van der Waals surface area contributed by atoms with E-state index >= 15 is 0 Å². The second kappa shape index (κ2) is 6.75. The van der Waals surface area contributed by atoms with Crippen LogP contribution in [0.25, 0.3) is 0 Å². The molecule has 1 saturated heterocycles. The maximum atomic E-state index is 11.9. The molecule has 0 saturated carbocycles. The van der Waals surface area contributed by atoms with E-state index in [-0.39, 0.29) is 12.5 Å². The van der Waals surface area contributed by atoms with E-state index in [2.05, 4.69) is 0 Å². The standard InChI is InChI=1S/C13H17ClN2O3/c14-11-2-1-10(8-15)12(7-11)19-9-13(17)16-3-5-18-6-4-16/h1-2,7H,3-6,8-9,15H2. The van der Waals surface area contributed by atoms with Crippen molar-refractivity contribution in [2.75, 3.05) is 32.9 Å². The Morgan fingerprint density at radius 1 is 1.42 bits per heavy atom. The Morgan fingerprint density at radius 2 is 2.16 bits per heavy atom.